The zero-order valence-corrected chi connectivity index (χ0v) is 13.1. The van der Waals surface area contributed by atoms with E-state index in [0.29, 0.717) is 0 Å². The Morgan fingerprint density at radius 2 is 1.70 bits per heavy atom. The highest BCUT2D eigenvalue weighted by atomic mass is 16.6. The van der Waals surface area contributed by atoms with Crippen molar-refractivity contribution in [3.63, 3.8) is 0 Å². The third kappa shape index (κ3) is 4.37. The summed E-state index contributed by atoms with van der Waals surface area (Å²) in [4.78, 5) is 24.8. The first kappa shape index (κ1) is 16.2. The van der Waals surface area contributed by atoms with E-state index in [1.54, 1.807) is 27.8 Å². The Hall–Kier alpha value is -1.84. The van der Waals surface area contributed by atoms with E-state index in [0.717, 1.165) is 23.0 Å². The largest absolute Gasteiger partial charge is 0.444 e. The molecule has 20 heavy (non-hydrogen) atoms. The van der Waals surface area contributed by atoms with Crippen LogP contribution in [0.15, 0.2) is 18.2 Å². The Kier molecular flexibility index (Phi) is 4.93. The van der Waals surface area contributed by atoms with Gasteiger partial charge in [0.25, 0.3) is 0 Å². The minimum Gasteiger partial charge on any atom is -0.444 e. The number of aryl methyl sites for hydroxylation is 2. The van der Waals surface area contributed by atoms with Gasteiger partial charge in [0.1, 0.15) is 17.9 Å². The lowest BCUT2D eigenvalue weighted by molar-refractivity contribution is -0.112. The molecule has 0 heterocycles. The second-order valence-electron chi connectivity index (χ2n) is 6.09. The number of hydrogen-bond acceptors (Lipinski definition) is 3. The van der Waals surface area contributed by atoms with Crippen LogP contribution in [0.25, 0.3) is 0 Å². The van der Waals surface area contributed by atoms with Crippen molar-refractivity contribution in [1.82, 2.24) is 4.90 Å². The van der Waals surface area contributed by atoms with Gasteiger partial charge in [0.2, 0.25) is 0 Å². The van der Waals surface area contributed by atoms with Crippen LogP contribution in [0, 0.1) is 13.8 Å². The molecule has 1 aromatic rings. The van der Waals surface area contributed by atoms with Crippen molar-refractivity contribution < 1.29 is 14.3 Å². The van der Waals surface area contributed by atoms with Gasteiger partial charge < -0.3 is 9.53 Å². The molecule has 1 amide bonds. The van der Waals surface area contributed by atoms with Gasteiger partial charge in [-0.05, 0) is 40.2 Å². The van der Waals surface area contributed by atoms with Crippen molar-refractivity contribution in [2.24, 2.45) is 0 Å². The van der Waals surface area contributed by atoms with E-state index in [9.17, 15) is 9.59 Å². The molecule has 0 aliphatic carbocycles. The van der Waals surface area contributed by atoms with Gasteiger partial charge in [0, 0.05) is 7.05 Å². The average Bonchev–Trinajstić information content (AvgIpc) is 2.26. The highest BCUT2D eigenvalue weighted by Crippen LogP contribution is 2.22. The number of aldehydes is 1. The lowest BCUT2D eigenvalue weighted by Gasteiger charge is -2.28. The van der Waals surface area contributed by atoms with Crippen LogP contribution in [0.1, 0.15) is 43.5 Å². The monoisotopic (exact) mass is 277 g/mol. The molecule has 0 fully saturated rings. The second kappa shape index (κ2) is 6.07. The number of nitrogens with zero attached hydrogens (tertiary/aromatic N) is 1. The second-order valence-corrected chi connectivity index (χ2v) is 6.09. The summed E-state index contributed by atoms with van der Waals surface area (Å²) in [6, 6.07) is 5.21. The molecule has 0 bridgehead atoms. The number of rotatable bonds is 3. The summed E-state index contributed by atoms with van der Waals surface area (Å²) in [5.41, 5.74) is 2.33. The molecule has 0 saturated heterocycles. The van der Waals surface area contributed by atoms with Crippen LogP contribution in [-0.4, -0.2) is 29.9 Å². The van der Waals surface area contributed by atoms with Gasteiger partial charge in [-0.1, -0.05) is 29.3 Å². The predicted octanol–water partition coefficient (Wildman–Crippen LogP) is 3.41. The number of carbonyl (C=O) groups excluding carboxylic acids is 2. The molecule has 1 unspecified atom stereocenters. The predicted molar refractivity (Wildman–Crippen MR) is 78.7 cm³/mol. The van der Waals surface area contributed by atoms with Crippen molar-refractivity contribution in [3.8, 4) is 0 Å². The minimum atomic E-state index is -0.636. The summed E-state index contributed by atoms with van der Waals surface area (Å²) in [7, 11) is 1.57. The zero-order valence-electron chi connectivity index (χ0n) is 13.1. The van der Waals surface area contributed by atoms with Crippen molar-refractivity contribution in [2.75, 3.05) is 7.05 Å². The first-order valence-electron chi connectivity index (χ1n) is 6.63. The fourth-order valence-corrected chi connectivity index (χ4v) is 2.02. The van der Waals surface area contributed by atoms with E-state index in [2.05, 4.69) is 0 Å². The fraction of sp³-hybridized carbons (Fsp3) is 0.500. The van der Waals surface area contributed by atoms with E-state index >= 15 is 0 Å². The maximum atomic E-state index is 12.0. The summed E-state index contributed by atoms with van der Waals surface area (Å²) in [5.74, 6) is 0. The molecule has 0 radical (unpaired) electrons. The van der Waals surface area contributed by atoms with Gasteiger partial charge in [-0.2, -0.15) is 0 Å². The van der Waals surface area contributed by atoms with Crippen LogP contribution in [0.4, 0.5) is 4.79 Å². The zero-order chi connectivity index (χ0) is 15.5. The van der Waals surface area contributed by atoms with E-state index < -0.39 is 17.7 Å². The molecule has 0 aromatic heterocycles. The molecule has 0 saturated carbocycles. The molecule has 1 aromatic carbocycles. The number of carbonyl (C=O) groups is 2. The van der Waals surface area contributed by atoms with Gasteiger partial charge in [-0.25, -0.2) is 4.79 Å². The van der Waals surface area contributed by atoms with Gasteiger partial charge in [-0.15, -0.1) is 0 Å². The highest BCUT2D eigenvalue weighted by Gasteiger charge is 2.26. The molecule has 4 heteroatoms. The van der Waals surface area contributed by atoms with Gasteiger partial charge in [0.15, 0.2) is 0 Å². The van der Waals surface area contributed by atoms with Crippen molar-refractivity contribution in [3.05, 3.63) is 34.9 Å². The lowest BCUT2D eigenvalue weighted by Crippen LogP contribution is -2.37. The van der Waals surface area contributed by atoms with Crippen LogP contribution < -0.4 is 0 Å². The standard InChI is InChI=1S/C16H23NO3/c1-11-7-12(2)9-13(8-11)14(10-18)17(6)15(19)20-16(3,4)5/h7-10,14H,1-6H3. The minimum absolute atomic E-state index is 0.506. The van der Waals surface area contributed by atoms with E-state index in [4.69, 9.17) is 4.74 Å². The van der Waals surface area contributed by atoms with Gasteiger partial charge >= 0.3 is 6.09 Å². The van der Waals surface area contributed by atoms with E-state index in [1.165, 1.54) is 4.90 Å². The molecule has 4 nitrogen and oxygen atoms in total. The van der Waals surface area contributed by atoms with E-state index in [-0.39, 0.29) is 0 Å². The maximum Gasteiger partial charge on any atom is 0.410 e. The SMILES string of the molecule is Cc1cc(C)cc(C(C=O)N(C)C(=O)OC(C)(C)C)c1. The maximum absolute atomic E-state index is 12.0. The number of ether oxygens (including phenoxy) is 1. The van der Waals surface area contributed by atoms with Gasteiger partial charge in [0.05, 0.1) is 0 Å². The van der Waals surface area contributed by atoms with Crippen LogP contribution >= 0.6 is 0 Å². The van der Waals surface area contributed by atoms with Gasteiger partial charge in [-0.3, -0.25) is 4.90 Å². The highest BCUT2D eigenvalue weighted by molar-refractivity contribution is 5.74. The number of amides is 1. The Balaban J connectivity index is 3.00. The third-order valence-corrected chi connectivity index (χ3v) is 2.81. The first-order chi connectivity index (χ1) is 9.14. The molecule has 0 aliphatic rings. The third-order valence-electron chi connectivity index (χ3n) is 2.81. The molecular formula is C16H23NO3. The molecule has 110 valence electrons. The normalized spacial score (nSPS) is 12.7. The Morgan fingerprint density at radius 3 is 2.10 bits per heavy atom. The smallest absolute Gasteiger partial charge is 0.410 e. The molecular weight excluding hydrogens is 254 g/mol. The fourth-order valence-electron chi connectivity index (χ4n) is 2.02. The molecule has 0 aliphatic heterocycles. The Labute approximate surface area is 120 Å². The molecule has 0 N–H and O–H groups in total. The van der Waals surface area contributed by atoms with Crippen molar-refractivity contribution in [1.29, 1.82) is 0 Å². The van der Waals surface area contributed by atoms with Crippen LogP contribution in [0.2, 0.25) is 0 Å². The van der Waals surface area contributed by atoms with Crippen molar-refractivity contribution >= 4 is 12.4 Å². The average molecular weight is 277 g/mol. The van der Waals surface area contributed by atoms with Crippen LogP contribution in [0.3, 0.4) is 0 Å². The van der Waals surface area contributed by atoms with Crippen LogP contribution in [-0.2, 0) is 9.53 Å². The molecule has 0 spiro atoms. The summed E-state index contributed by atoms with van der Waals surface area (Å²) >= 11 is 0. The quantitative estimate of drug-likeness (QED) is 0.795. The van der Waals surface area contributed by atoms with E-state index in [1.807, 2.05) is 32.0 Å². The van der Waals surface area contributed by atoms with Crippen LogP contribution in [0.5, 0.6) is 0 Å². The molecule has 1 atom stereocenters. The number of likely N-dealkylation sites (N-methyl/N-ethyl adjacent to an activating group) is 1. The summed E-state index contributed by atoms with van der Waals surface area (Å²) in [6.07, 6.45) is 0.256. The molecule has 1 rings (SSSR count). The summed E-state index contributed by atoms with van der Waals surface area (Å²) < 4.78 is 5.29. The summed E-state index contributed by atoms with van der Waals surface area (Å²) in [6.45, 7) is 9.32. The summed E-state index contributed by atoms with van der Waals surface area (Å²) in [5, 5.41) is 0. The Morgan fingerprint density at radius 1 is 1.20 bits per heavy atom. The first-order valence-corrected chi connectivity index (χ1v) is 6.63. The Bertz CT molecular complexity index is 483. The topological polar surface area (TPSA) is 46.6 Å². The van der Waals surface area contributed by atoms with Crippen molar-refractivity contribution in [2.45, 2.75) is 46.3 Å². The number of hydrogen-bond donors (Lipinski definition) is 0. The lowest BCUT2D eigenvalue weighted by atomic mass is 10.0. The number of benzene rings is 1.